The summed E-state index contributed by atoms with van der Waals surface area (Å²) in [6.07, 6.45) is 2.31. The topological polar surface area (TPSA) is 12.9 Å². The van der Waals surface area contributed by atoms with Gasteiger partial charge in [-0.1, -0.05) is 26.8 Å². The van der Waals surface area contributed by atoms with Crippen molar-refractivity contribution in [2.75, 3.05) is 0 Å². The highest BCUT2D eigenvalue weighted by molar-refractivity contribution is 5.18. The molecule has 0 amide bonds. The molecular weight excluding hydrogens is 158 g/mol. The fourth-order valence-corrected chi connectivity index (χ4v) is 1.49. The van der Waals surface area contributed by atoms with Crippen LogP contribution in [-0.2, 0) is 5.41 Å². The molecule has 0 aliphatic rings. The van der Waals surface area contributed by atoms with Gasteiger partial charge in [-0.15, -0.1) is 0 Å². The molecule has 0 radical (unpaired) electrons. The van der Waals surface area contributed by atoms with Crippen LogP contribution in [0, 0.1) is 6.92 Å². The quantitative estimate of drug-likeness (QED) is 0.689. The Hall–Kier alpha value is -0.850. The molecule has 0 unspecified atom stereocenters. The highest BCUT2D eigenvalue weighted by Crippen LogP contribution is 2.29. The molecule has 0 aromatic carbocycles. The summed E-state index contributed by atoms with van der Waals surface area (Å²) >= 11 is 0. The van der Waals surface area contributed by atoms with Gasteiger partial charge in [0.15, 0.2) is 0 Å². The van der Waals surface area contributed by atoms with E-state index < -0.39 is 0 Å². The van der Waals surface area contributed by atoms with Gasteiger partial charge in [0.05, 0.1) is 0 Å². The number of hydrogen-bond donors (Lipinski definition) is 0. The van der Waals surface area contributed by atoms with Crippen LogP contribution in [0.1, 0.15) is 45.0 Å². The molecule has 0 fully saturated rings. The van der Waals surface area contributed by atoms with Gasteiger partial charge in [-0.25, -0.2) is 0 Å². The SMILES string of the molecule is CCC(C)(CC)c1cccc(C)n1. The monoisotopic (exact) mass is 177 g/mol. The van der Waals surface area contributed by atoms with Gasteiger partial charge in [0, 0.05) is 16.8 Å². The lowest BCUT2D eigenvalue weighted by Gasteiger charge is -2.26. The minimum Gasteiger partial charge on any atom is -0.258 e. The van der Waals surface area contributed by atoms with Crippen molar-refractivity contribution < 1.29 is 0 Å². The molecule has 0 atom stereocenters. The summed E-state index contributed by atoms with van der Waals surface area (Å²) in [6, 6.07) is 6.29. The summed E-state index contributed by atoms with van der Waals surface area (Å²) in [5.41, 5.74) is 2.61. The second-order valence-electron chi connectivity index (χ2n) is 3.93. The minimum atomic E-state index is 0.256. The fraction of sp³-hybridized carbons (Fsp3) is 0.583. The third kappa shape index (κ3) is 2.09. The van der Waals surface area contributed by atoms with Crippen molar-refractivity contribution in [3.8, 4) is 0 Å². The first-order chi connectivity index (χ1) is 6.12. The zero-order chi connectivity index (χ0) is 9.90. The van der Waals surface area contributed by atoms with Crippen molar-refractivity contribution in [3.05, 3.63) is 29.6 Å². The summed E-state index contributed by atoms with van der Waals surface area (Å²) in [5, 5.41) is 0. The fourth-order valence-electron chi connectivity index (χ4n) is 1.49. The van der Waals surface area contributed by atoms with Gasteiger partial charge in [0.1, 0.15) is 0 Å². The lowest BCUT2D eigenvalue weighted by Crippen LogP contribution is -2.21. The van der Waals surface area contributed by atoms with Crippen molar-refractivity contribution >= 4 is 0 Å². The Balaban J connectivity index is 3.05. The Morgan fingerprint density at radius 3 is 2.31 bits per heavy atom. The number of aromatic nitrogens is 1. The zero-order valence-corrected chi connectivity index (χ0v) is 9.09. The number of pyridine rings is 1. The third-order valence-corrected chi connectivity index (χ3v) is 3.07. The van der Waals surface area contributed by atoms with Crippen LogP contribution in [0.5, 0.6) is 0 Å². The summed E-state index contributed by atoms with van der Waals surface area (Å²) in [6.45, 7) is 8.80. The van der Waals surface area contributed by atoms with Crippen molar-refractivity contribution in [1.82, 2.24) is 4.98 Å². The maximum absolute atomic E-state index is 4.59. The van der Waals surface area contributed by atoms with Gasteiger partial charge in [0.25, 0.3) is 0 Å². The average Bonchev–Trinajstić information content (AvgIpc) is 2.17. The lowest BCUT2D eigenvalue weighted by atomic mass is 9.81. The number of rotatable bonds is 3. The molecule has 1 aromatic heterocycles. The third-order valence-electron chi connectivity index (χ3n) is 3.07. The predicted molar refractivity (Wildman–Crippen MR) is 56.9 cm³/mol. The van der Waals surface area contributed by atoms with Crippen molar-refractivity contribution in [1.29, 1.82) is 0 Å². The maximum atomic E-state index is 4.59. The van der Waals surface area contributed by atoms with Crippen LogP contribution >= 0.6 is 0 Å². The van der Waals surface area contributed by atoms with E-state index in [0.29, 0.717) is 0 Å². The molecule has 0 aliphatic heterocycles. The molecular formula is C12H19N. The molecule has 1 heterocycles. The first kappa shape index (κ1) is 10.2. The van der Waals surface area contributed by atoms with Gasteiger partial charge in [-0.05, 0) is 31.9 Å². The van der Waals surface area contributed by atoms with Crippen molar-refractivity contribution in [2.24, 2.45) is 0 Å². The molecule has 0 spiro atoms. The molecule has 72 valence electrons. The molecule has 0 saturated heterocycles. The number of hydrogen-bond acceptors (Lipinski definition) is 1. The molecule has 1 aromatic rings. The Morgan fingerprint density at radius 1 is 1.23 bits per heavy atom. The highest BCUT2D eigenvalue weighted by atomic mass is 14.7. The average molecular weight is 177 g/mol. The largest absolute Gasteiger partial charge is 0.258 e. The predicted octanol–water partition coefficient (Wildman–Crippen LogP) is 3.47. The molecule has 13 heavy (non-hydrogen) atoms. The van der Waals surface area contributed by atoms with Crippen LogP contribution in [0.2, 0.25) is 0 Å². The van der Waals surface area contributed by atoms with E-state index in [0.717, 1.165) is 18.5 Å². The highest BCUT2D eigenvalue weighted by Gasteiger charge is 2.23. The van der Waals surface area contributed by atoms with E-state index in [1.54, 1.807) is 0 Å². The zero-order valence-electron chi connectivity index (χ0n) is 9.09. The first-order valence-electron chi connectivity index (χ1n) is 5.06. The van der Waals surface area contributed by atoms with Crippen molar-refractivity contribution in [2.45, 2.75) is 46.0 Å². The van der Waals surface area contributed by atoms with E-state index in [1.165, 1.54) is 5.69 Å². The van der Waals surface area contributed by atoms with Crippen LogP contribution in [0.3, 0.4) is 0 Å². The molecule has 0 bridgehead atoms. The van der Waals surface area contributed by atoms with Crippen LogP contribution < -0.4 is 0 Å². The second kappa shape index (κ2) is 3.91. The minimum absolute atomic E-state index is 0.256. The summed E-state index contributed by atoms with van der Waals surface area (Å²) in [5.74, 6) is 0. The lowest BCUT2D eigenvalue weighted by molar-refractivity contribution is 0.425. The van der Waals surface area contributed by atoms with E-state index in [4.69, 9.17) is 0 Å². The Morgan fingerprint density at radius 2 is 1.85 bits per heavy atom. The Bertz CT molecular complexity index is 274. The summed E-state index contributed by atoms with van der Waals surface area (Å²) < 4.78 is 0. The number of aryl methyl sites for hydroxylation is 1. The van der Waals surface area contributed by atoms with E-state index in [-0.39, 0.29) is 5.41 Å². The second-order valence-corrected chi connectivity index (χ2v) is 3.93. The van der Waals surface area contributed by atoms with Gasteiger partial charge < -0.3 is 0 Å². The molecule has 0 aliphatic carbocycles. The first-order valence-corrected chi connectivity index (χ1v) is 5.06. The molecule has 0 N–H and O–H groups in total. The smallest absolute Gasteiger partial charge is 0.0465 e. The van der Waals surface area contributed by atoms with E-state index >= 15 is 0 Å². The van der Waals surface area contributed by atoms with Crippen LogP contribution in [0.15, 0.2) is 18.2 Å². The van der Waals surface area contributed by atoms with E-state index in [1.807, 2.05) is 0 Å². The van der Waals surface area contributed by atoms with Gasteiger partial charge in [0.2, 0.25) is 0 Å². The standard InChI is InChI=1S/C12H19N/c1-5-12(4,6-2)11-9-7-8-10(3)13-11/h7-9H,5-6H2,1-4H3. The van der Waals surface area contributed by atoms with Crippen molar-refractivity contribution in [3.63, 3.8) is 0 Å². The van der Waals surface area contributed by atoms with Crippen LogP contribution in [0.4, 0.5) is 0 Å². The molecule has 1 nitrogen and oxygen atoms in total. The van der Waals surface area contributed by atoms with Gasteiger partial charge in [-0.3, -0.25) is 4.98 Å². The maximum Gasteiger partial charge on any atom is 0.0465 e. The summed E-state index contributed by atoms with van der Waals surface area (Å²) in [7, 11) is 0. The summed E-state index contributed by atoms with van der Waals surface area (Å²) in [4.78, 5) is 4.59. The Labute approximate surface area is 81.2 Å². The van der Waals surface area contributed by atoms with E-state index in [9.17, 15) is 0 Å². The Kier molecular flexibility index (Phi) is 3.07. The van der Waals surface area contributed by atoms with Crippen LogP contribution in [-0.4, -0.2) is 4.98 Å². The number of nitrogens with zero attached hydrogens (tertiary/aromatic N) is 1. The molecule has 1 heteroatoms. The van der Waals surface area contributed by atoms with Gasteiger partial charge >= 0.3 is 0 Å². The van der Waals surface area contributed by atoms with Crippen LogP contribution in [0.25, 0.3) is 0 Å². The molecule has 0 saturated carbocycles. The van der Waals surface area contributed by atoms with Gasteiger partial charge in [-0.2, -0.15) is 0 Å². The van der Waals surface area contributed by atoms with E-state index in [2.05, 4.69) is 50.9 Å². The molecule has 1 rings (SSSR count). The normalized spacial score (nSPS) is 11.7.